The summed E-state index contributed by atoms with van der Waals surface area (Å²) >= 11 is 0. The van der Waals surface area contributed by atoms with Crippen molar-refractivity contribution in [2.75, 3.05) is 19.6 Å². The Kier molecular flexibility index (Phi) is 5.38. The van der Waals surface area contributed by atoms with Crippen LogP contribution in [0.2, 0.25) is 0 Å². The summed E-state index contributed by atoms with van der Waals surface area (Å²) in [4.78, 5) is 19.8. The van der Waals surface area contributed by atoms with E-state index in [-0.39, 0.29) is 11.4 Å². The summed E-state index contributed by atoms with van der Waals surface area (Å²) in [5.41, 5.74) is 2.76. The quantitative estimate of drug-likeness (QED) is 0.480. The summed E-state index contributed by atoms with van der Waals surface area (Å²) in [5.74, 6) is 1.70. The lowest BCUT2D eigenvalue weighted by molar-refractivity contribution is -0.00867. The van der Waals surface area contributed by atoms with Crippen LogP contribution in [-0.2, 0) is 12.8 Å². The number of piperidine rings is 1. The lowest BCUT2D eigenvalue weighted by Crippen LogP contribution is -2.51. The molecular weight excluding hydrogens is 424 g/mol. The number of carbonyl (C=O) groups excluding carboxylic acids is 1. The van der Waals surface area contributed by atoms with E-state index in [1.54, 1.807) is 0 Å². The van der Waals surface area contributed by atoms with Crippen LogP contribution in [0.25, 0.3) is 10.8 Å². The maximum atomic E-state index is 13.1. The number of likely N-dealkylation sites (tertiary alicyclic amines) is 1. The van der Waals surface area contributed by atoms with Crippen LogP contribution >= 0.6 is 0 Å². The van der Waals surface area contributed by atoms with Crippen molar-refractivity contribution in [1.82, 2.24) is 20.1 Å². The first-order chi connectivity index (χ1) is 16.7. The van der Waals surface area contributed by atoms with Crippen LogP contribution in [0.3, 0.4) is 0 Å². The summed E-state index contributed by atoms with van der Waals surface area (Å²) < 4.78 is 6.51. The van der Waals surface area contributed by atoms with Crippen molar-refractivity contribution in [3.63, 3.8) is 0 Å². The molecule has 0 saturated carbocycles. The molecule has 6 heteroatoms. The summed E-state index contributed by atoms with van der Waals surface area (Å²) in [7, 11) is 0. The molecular formula is C28H28N4O2. The van der Waals surface area contributed by atoms with Crippen LogP contribution in [-0.4, -0.2) is 51.1 Å². The van der Waals surface area contributed by atoms with Gasteiger partial charge in [0.15, 0.2) is 5.78 Å². The smallest absolute Gasteiger partial charge is 0.170 e. The Morgan fingerprint density at radius 2 is 1.88 bits per heavy atom. The van der Waals surface area contributed by atoms with Crippen molar-refractivity contribution >= 4 is 16.6 Å². The van der Waals surface area contributed by atoms with Crippen molar-refractivity contribution in [3.8, 4) is 5.75 Å². The maximum absolute atomic E-state index is 13.1. The predicted molar refractivity (Wildman–Crippen MR) is 131 cm³/mol. The topological polar surface area (TPSA) is 71.1 Å². The van der Waals surface area contributed by atoms with Gasteiger partial charge in [-0.1, -0.05) is 48.5 Å². The first kappa shape index (κ1) is 21.1. The maximum Gasteiger partial charge on any atom is 0.170 e. The Morgan fingerprint density at radius 3 is 2.74 bits per heavy atom. The van der Waals surface area contributed by atoms with Gasteiger partial charge in [-0.3, -0.25) is 9.89 Å². The van der Waals surface area contributed by atoms with E-state index in [4.69, 9.17) is 4.74 Å². The molecule has 0 aliphatic carbocycles. The highest BCUT2D eigenvalue weighted by Crippen LogP contribution is 2.40. The highest BCUT2D eigenvalue weighted by Gasteiger charge is 2.42. The zero-order valence-corrected chi connectivity index (χ0v) is 19.2. The molecule has 3 heterocycles. The Labute approximate surface area is 199 Å². The number of ether oxygens (including phenoxy) is 1. The number of nitrogens with zero attached hydrogens (tertiary/aromatic N) is 3. The van der Waals surface area contributed by atoms with Gasteiger partial charge in [0.05, 0.1) is 12.0 Å². The molecule has 0 unspecified atom stereocenters. The van der Waals surface area contributed by atoms with Gasteiger partial charge in [-0.2, -0.15) is 5.10 Å². The van der Waals surface area contributed by atoms with Gasteiger partial charge in [-0.25, -0.2) is 4.98 Å². The summed E-state index contributed by atoms with van der Waals surface area (Å²) in [6, 6.07) is 21.1. The molecule has 0 bridgehead atoms. The average Bonchev–Trinajstić information content (AvgIpc) is 3.37. The molecule has 1 spiro atoms. The molecule has 1 fully saturated rings. The number of hydrogen-bond acceptors (Lipinski definition) is 5. The zero-order valence-electron chi connectivity index (χ0n) is 19.2. The van der Waals surface area contributed by atoms with Crippen LogP contribution < -0.4 is 4.74 Å². The molecule has 4 aromatic rings. The number of hydrogen-bond donors (Lipinski definition) is 1. The van der Waals surface area contributed by atoms with Crippen molar-refractivity contribution < 1.29 is 9.53 Å². The van der Waals surface area contributed by atoms with Crippen LogP contribution in [0.5, 0.6) is 5.75 Å². The molecule has 6 rings (SSSR count). The molecule has 2 aliphatic rings. The predicted octanol–water partition coefficient (Wildman–Crippen LogP) is 4.59. The van der Waals surface area contributed by atoms with Gasteiger partial charge in [-0.15, -0.1) is 0 Å². The first-order valence-corrected chi connectivity index (χ1v) is 12.1. The van der Waals surface area contributed by atoms with Gasteiger partial charge in [0.1, 0.15) is 23.5 Å². The van der Waals surface area contributed by atoms with Gasteiger partial charge in [0.25, 0.3) is 0 Å². The molecule has 0 amide bonds. The molecule has 1 saturated heterocycles. The van der Waals surface area contributed by atoms with Crippen molar-refractivity contribution in [2.45, 2.75) is 37.7 Å². The van der Waals surface area contributed by atoms with Gasteiger partial charge in [0.2, 0.25) is 0 Å². The van der Waals surface area contributed by atoms with Crippen LogP contribution in [0.1, 0.15) is 46.6 Å². The second-order valence-corrected chi connectivity index (χ2v) is 9.55. The number of H-pyrrole nitrogens is 1. The van der Waals surface area contributed by atoms with E-state index in [1.165, 1.54) is 22.7 Å². The van der Waals surface area contributed by atoms with Crippen LogP contribution in [0, 0.1) is 0 Å². The lowest BCUT2D eigenvalue weighted by Gasteiger charge is -2.44. The number of aromatic nitrogens is 3. The Hall–Kier alpha value is -3.51. The third kappa shape index (κ3) is 4.10. The van der Waals surface area contributed by atoms with E-state index in [0.717, 1.165) is 56.0 Å². The molecule has 0 radical (unpaired) electrons. The first-order valence-electron chi connectivity index (χ1n) is 12.1. The summed E-state index contributed by atoms with van der Waals surface area (Å²) in [6.07, 6.45) is 5.38. The molecule has 1 N–H and O–H groups in total. The summed E-state index contributed by atoms with van der Waals surface area (Å²) in [5, 5.41) is 9.42. The Balaban J connectivity index is 1.10. The second-order valence-electron chi connectivity index (χ2n) is 9.55. The van der Waals surface area contributed by atoms with Gasteiger partial charge < -0.3 is 9.64 Å². The van der Waals surface area contributed by atoms with E-state index in [2.05, 4.69) is 62.5 Å². The third-order valence-electron chi connectivity index (χ3n) is 7.33. The molecule has 1 aromatic heterocycles. The van der Waals surface area contributed by atoms with E-state index in [1.807, 2.05) is 18.2 Å². The van der Waals surface area contributed by atoms with Gasteiger partial charge >= 0.3 is 0 Å². The highest BCUT2D eigenvalue weighted by molar-refractivity contribution is 6.00. The zero-order chi connectivity index (χ0) is 23.0. The monoisotopic (exact) mass is 452 g/mol. The number of nitrogens with one attached hydrogen (secondary N) is 1. The van der Waals surface area contributed by atoms with Gasteiger partial charge in [-0.05, 0) is 40.5 Å². The number of ketones is 1. The minimum Gasteiger partial charge on any atom is -0.486 e. The number of Topliss-reactive ketones (excluding diaryl/α,β-unsaturated/α-hetero) is 1. The van der Waals surface area contributed by atoms with Crippen LogP contribution in [0.4, 0.5) is 0 Å². The van der Waals surface area contributed by atoms with E-state index < -0.39 is 0 Å². The van der Waals surface area contributed by atoms with E-state index >= 15 is 0 Å². The SMILES string of the molecule is O=C1CC2(CCN(CCc3cccc4ccccc34)CC2)Oc2ccc(Cc3ncn[nH]3)cc21. The number of fused-ring (bicyclic) bond motifs is 2. The molecule has 2 aliphatic heterocycles. The van der Waals surface area contributed by atoms with E-state index in [9.17, 15) is 4.79 Å². The van der Waals surface area contributed by atoms with Crippen LogP contribution in [0.15, 0.2) is 67.0 Å². The molecule has 172 valence electrons. The normalized spacial score (nSPS) is 17.6. The number of aromatic amines is 1. The third-order valence-corrected chi connectivity index (χ3v) is 7.33. The van der Waals surface area contributed by atoms with Crippen molar-refractivity contribution in [3.05, 3.63) is 89.5 Å². The number of rotatable bonds is 5. The fourth-order valence-electron chi connectivity index (χ4n) is 5.41. The number of benzene rings is 3. The van der Waals surface area contributed by atoms with Gasteiger partial charge in [0, 0.05) is 38.9 Å². The van der Waals surface area contributed by atoms with Crippen molar-refractivity contribution in [2.24, 2.45) is 0 Å². The van der Waals surface area contributed by atoms with Crippen molar-refractivity contribution in [1.29, 1.82) is 0 Å². The largest absolute Gasteiger partial charge is 0.486 e. The fourth-order valence-corrected chi connectivity index (χ4v) is 5.41. The second kappa shape index (κ2) is 8.69. The highest BCUT2D eigenvalue weighted by atomic mass is 16.5. The minimum atomic E-state index is -0.369. The number of carbonyl (C=O) groups is 1. The lowest BCUT2D eigenvalue weighted by atomic mass is 9.82. The standard InChI is InChI=1S/C28H28N4O2/c33-25-18-28(34-26-9-8-20(16-24(25)26)17-27-29-19-30-31-27)11-14-32(15-12-28)13-10-22-6-3-5-21-4-1-2-7-23(21)22/h1-9,16,19H,10-15,17-18H2,(H,29,30,31). The Bertz CT molecular complexity index is 1320. The fraction of sp³-hybridized carbons (Fsp3) is 0.321. The minimum absolute atomic E-state index is 0.185. The summed E-state index contributed by atoms with van der Waals surface area (Å²) in [6.45, 7) is 2.94. The molecule has 6 nitrogen and oxygen atoms in total. The van der Waals surface area contributed by atoms with E-state index in [0.29, 0.717) is 18.4 Å². The molecule has 34 heavy (non-hydrogen) atoms. The molecule has 3 aromatic carbocycles. The Morgan fingerprint density at radius 1 is 1.03 bits per heavy atom. The average molecular weight is 453 g/mol. The molecule has 0 atom stereocenters.